The highest BCUT2D eigenvalue weighted by atomic mass is 35.5. The number of sulfonamides is 1. The largest absolute Gasteiger partial charge is 0.371 e. The summed E-state index contributed by atoms with van der Waals surface area (Å²) in [6.45, 7) is 4.37. The van der Waals surface area contributed by atoms with E-state index in [1.54, 1.807) is 12.1 Å². The van der Waals surface area contributed by atoms with E-state index in [1.165, 1.54) is 25.0 Å². The van der Waals surface area contributed by atoms with E-state index in [0.717, 1.165) is 18.8 Å². The van der Waals surface area contributed by atoms with Crippen LogP contribution >= 0.6 is 11.6 Å². The summed E-state index contributed by atoms with van der Waals surface area (Å²) in [5, 5.41) is 0.508. The van der Waals surface area contributed by atoms with Crippen molar-refractivity contribution in [1.29, 1.82) is 0 Å². The number of halogens is 1. The van der Waals surface area contributed by atoms with Crippen molar-refractivity contribution in [3.8, 4) is 0 Å². The Morgan fingerprint density at radius 2 is 1.75 bits per heavy atom. The second-order valence-electron chi connectivity index (χ2n) is 6.30. The van der Waals surface area contributed by atoms with E-state index in [9.17, 15) is 8.42 Å². The van der Waals surface area contributed by atoms with E-state index in [4.69, 9.17) is 11.6 Å². The van der Waals surface area contributed by atoms with Gasteiger partial charge in [-0.15, -0.1) is 0 Å². The molecule has 1 unspecified atom stereocenters. The highest BCUT2D eigenvalue weighted by Gasteiger charge is 2.17. The van der Waals surface area contributed by atoms with Gasteiger partial charge in [-0.05, 0) is 67.3 Å². The first-order chi connectivity index (χ1) is 11.4. The molecule has 128 valence electrons. The molecule has 0 amide bonds. The molecule has 0 aromatic heterocycles. The molecule has 4 nitrogen and oxygen atoms in total. The molecule has 0 radical (unpaired) electrons. The molecule has 24 heavy (non-hydrogen) atoms. The van der Waals surface area contributed by atoms with Crippen LogP contribution in [0.2, 0.25) is 5.02 Å². The van der Waals surface area contributed by atoms with Crippen molar-refractivity contribution in [2.75, 3.05) is 22.7 Å². The van der Waals surface area contributed by atoms with Crippen LogP contribution in [0.5, 0.6) is 0 Å². The molecule has 1 heterocycles. The molecule has 2 aromatic rings. The van der Waals surface area contributed by atoms with Gasteiger partial charge in [0.15, 0.2) is 0 Å². The summed E-state index contributed by atoms with van der Waals surface area (Å²) in [5.74, 6) is 0.696. The average molecular weight is 365 g/mol. The van der Waals surface area contributed by atoms with E-state index >= 15 is 0 Å². The zero-order chi connectivity index (χ0) is 17.2. The van der Waals surface area contributed by atoms with Gasteiger partial charge in [-0.2, -0.15) is 0 Å². The van der Waals surface area contributed by atoms with E-state index < -0.39 is 10.0 Å². The van der Waals surface area contributed by atoms with Crippen LogP contribution in [0, 0.1) is 5.92 Å². The highest BCUT2D eigenvalue weighted by Crippen LogP contribution is 2.25. The Balaban J connectivity index is 1.72. The van der Waals surface area contributed by atoms with Crippen LogP contribution in [-0.4, -0.2) is 21.5 Å². The normalized spacial score (nSPS) is 18.4. The summed E-state index contributed by atoms with van der Waals surface area (Å²) in [4.78, 5) is 2.55. The number of nitrogens with one attached hydrogen (secondary N) is 1. The van der Waals surface area contributed by atoms with E-state index in [1.807, 2.05) is 24.3 Å². The van der Waals surface area contributed by atoms with Gasteiger partial charge in [-0.25, -0.2) is 8.42 Å². The maximum absolute atomic E-state index is 12.4. The maximum atomic E-state index is 12.4. The summed E-state index contributed by atoms with van der Waals surface area (Å²) in [6.07, 6.45) is 2.47. The second-order valence-corrected chi connectivity index (χ2v) is 8.42. The zero-order valence-electron chi connectivity index (χ0n) is 13.6. The molecular weight excluding hydrogens is 344 g/mol. The summed E-state index contributed by atoms with van der Waals surface area (Å²) >= 11 is 5.80. The van der Waals surface area contributed by atoms with Crippen molar-refractivity contribution in [3.05, 3.63) is 53.6 Å². The van der Waals surface area contributed by atoms with Crippen molar-refractivity contribution >= 4 is 33.0 Å². The second kappa shape index (κ2) is 7.03. The lowest BCUT2D eigenvalue weighted by molar-refractivity contribution is 0.447. The lowest BCUT2D eigenvalue weighted by atomic mass is 10.00. The Hall–Kier alpha value is -1.72. The number of rotatable bonds is 4. The van der Waals surface area contributed by atoms with Crippen LogP contribution in [0.25, 0.3) is 0 Å². The number of hydrogen-bond acceptors (Lipinski definition) is 3. The molecule has 1 saturated heterocycles. The van der Waals surface area contributed by atoms with Crippen LogP contribution in [0.15, 0.2) is 53.4 Å². The Kier molecular flexibility index (Phi) is 5.01. The zero-order valence-corrected chi connectivity index (χ0v) is 15.1. The fourth-order valence-electron chi connectivity index (χ4n) is 2.99. The summed E-state index contributed by atoms with van der Waals surface area (Å²) < 4.78 is 27.4. The van der Waals surface area contributed by atoms with Gasteiger partial charge < -0.3 is 4.90 Å². The molecular formula is C18H21ClN2O2S. The third-order valence-corrected chi connectivity index (χ3v) is 5.91. The lowest BCUT2D eigenvalue weighted by Crippen LogP contribution is -2.34. The number of anilines is 2. The fourth-order valence-corrected chi connectivity index (χ4v) is 4.18. The third kappa shape index (κ3) is 4.02. The van der Waals surface area contributed by atoms with Gasteiger partial charge in [0.1, 0.15) is 0 Å². The molecule has 1 atom stereocenters. The first-order valence-electron chi connectivity index (χ1n) is 8.07. The van der Waals surface area contributed by atoms with Crippen LogP contribution in [-0.2, 0) is 10.0 Å². The quantitative estimate of drug-likeness (QED) is 0.875. The molecule has 1 N–H and O–H groups in total. The first-order valence-corrected chi connectivity index (χ1v) is 9.93. The topological polar surface area (TPSA) is 49.4 Å². The molecule has 6 heteroatoms. The number of benzene rings is 2. The number of hydrogen-bond donors (Lipinski definition) is 1. The highest BCUT2D eigenvalue weighted by molar-refractivity contribution is 7.92. The SMILES string of the molecule is CC1CCCN(c2ccc(NS(=O)(=O)c3ccc(Cl)cc3)cc2)C1. The standard InChI is InChI=1S/C18H21ClN2O2S/c1-14-3-2-12-21(13-14)17-8-6-16(7-9-17)20-24(22,23)18-10-4-15(19)5-11-18/h4-11,14,20H,2-3,12-13H2,1H3. The average Bonchev–Trinajstić information content (AvgIpc) is 2.55. The first kappa shape index (κ1) is 17.1. The predicted molar refractivity (Wildman–Crippen MR) is 99.3 cm³/mol. The molecule has 1 aliphatic heterocycles. The van der Waals surface area contributed by atoms with Crippen molar-refractivity contribution in [2.24, 2.45) is 5.92 Å². The molecule has 0 bridgehead atoms. The summed E-state index contributed by atoms with van der Waals surface area (Å²) in [5.41, 5.74) is 1.69. The Labute approximate surface area is 148 Å². The van der Waals surface area contributed by atoms with Gasteiger partial charge in [0.05, 0.1) is 4.90 Å². The monoisotopic (exact) mass is 364 g/mol. The van der Waals surface area contributed by atoms with Crippen LogP contribution < -0.4 is 9.62 Å². The van der Waals surface area contributed by atoms with E-state index in [2.05, 4.69) is 16.5 Å². The van der Waals surface area contributed by atoms with Gasteiger partial charge in [0.2, 0.25) is 0 Å². The predicted octanol–water partition coefficient (Wildman–Crippen LogP) is 4.38. The summed E-state index contributed by atoms with van der Waals surface area (Å²) in [6, 6.07) is 13.7. The third-order valence-electron chi connectivity index (χ3n) is 4.27. The van der Waals surface area contributed by atoms with Gasteiger partial charge >= 0.3 is 0 Å². The Morgan fingerprint density at radius 3 is 2.38 bits per heavy atom. The Bertz CT molecular complexity index is 789. The van der Waals surface area contributed by atoms with Crippen molar-refractivity contribution < 1.29 is 8.42 Å². The van der Waals surface area contributed by atoms with Crippen molar-refractivity contribution in [3.63, 3.8) is 0 Å². The number of nitrogens with zero attached hydrogens (tertiary/aromatic N) is 1. The fraction of sp³-hybridized carbons (Fsp3) is 0.333. The molecule has 0 spiro atoms. The smallest absolute Gasteiger partial charge is 0.261 e. The molecule has 3 rings (SSSR count). The molecule has 1 fully saturated rings. The molecule has 1 aliphatic rings. The molecule has 0 aliphatic carbocycles. The lowest BCUT2D eigenvalue weighted by Gasteiger charge is -2.32. The minimum atomic E-state index is -3.60. The minimum Gasteiger partial charge on any atom is -0.371 e. The summed E-state index contributed by atoms with van der Waals surface area (Å²) in [7, 11) is -3.60. The maximum Gasteiger partial charge on any atom is 0.261 e. The van der Waals surface area contributed by atoms with Crippen molar-refractivity contribution in [1.82, 2.24) is 0 Å². The Morgan fingerprint density at radius 1 is 1.08 bits per heavy atom. The van der Waals surface area contributed by atoms with Gasteiger partial charge in [0.25, 0.3) is 10.0 Å². The van der Waals surface area contributed by atoms with Gasteiger partial charge in [0, 0.05) is 29.5 Å². The van der Waals surface area contributed by atoms with Crippen molar-refractivity contribution in [2.45, 2.75) is 24.7 Å². The molecule has 2 aromatic carbocycles. The van der Waals surface area contributed by atoms with Gasteiger partial charge in [-0.1, -0.05) is 18.5 Å². The molecule has 0 saturated carbocycles. The van der Waals surface area contributed by atoms with Crippen LogP contribution in [0.3, 0.4) is 0 Å². The number of piperidine rings is 1. The van der Waals surface area contributed by atoms with Crippen LogP contribution in [0.1, 0.15) is 19.8 Å². The van der Waals surface area contributed by atoms with Crippen LogP contribution in [0.4, 0.5) is 11.4 Å². The van der Waals surface area contributed by atoms with Gasteiger partial charge in [-0.3, -0.25) is 4.72 Å². The van der Waals surface area contributed by atoms with E-state index in [0.29, 0.717) is 16.6 Å². The minimum absolute atomic E-state index is 0.195. The van der Waals surface area contributed by atoms with E-state index in [-0.39, 0.29) is 4.90 Å².